The van der Waals surface area contributed by atoms with Crippen molar-refractivity contribution in [1.29, 1.82) is 0 Å². The molecule has 3 aromatic rings. The molecule has 1 atom stereocenters. The molecule has 0 aliphatic rings. The second kappa shape index (κ2) is 10.6. The largest absolute Gasteiger partial charge is 0.350 e. The van der Waals surface area contributed by atoms with Gasteiger partial charge in [0.05, 0.1) is 16.9 Å². The molecule has 0 saturated carbocycles. The maximum atomic E-state index is 13.4. The van der Waals surface area contributed by atoms with Gasteiger partial charge in [0.25, 0.3) is 15.9 Å². The van der Waals surface area contributed by atoms with Gasteiger partial charge in [0.1, 0.15) is 16.6 Å². The van der Waals surface area contributed by atoms with Gasteiger partial charge >= 0.3 is 0 Å². The molecule has 0 aliphatic heterocycles. The Bertz CT molecular complexity index is 1210. The lowest BCUT2D eigenvalue weighted by molar-refractivity contribution is -0.114. The van der Waals surface area contributed by atoms with Crippen molar-refractivity contribution in [2.45, 2.75) is 30.5 Å². The Morgan fingerprint density at radius 2 is 1.76 bits per heavy atom. The summed E-state index contributed by atoms with van der Waals surface area (Å²) in [6, 6.07) is 14.3. The van der Waals surface area contributed by atoms with Crippen LogP contribution < -0.4 is 14.9 Å². The third-order valence-electron chi connectivity index (χ3n) is 4.88. The third kappa shape index (κ3) is 5.96. The molecule has 174 valence electrons. The monoisotopic (exact) mass is 489 g/mol. The van der Waals surface area contributed by atoms with Gasteiger partial charge < -0.3 is 10.6 Å². The van der Waals surface area contributed by atoms with Gasteiger partial charge in [-0.1, -0.05) is 25.1 Å². The number of halogens is 1. The van der Waals surface area contributed by atoms with Crippen molar-refractivity contribution in [3.8, 4) is 0 Å². The summed E-state index contributed by atoms with van der Waals surface area (Å²) in [6.07, 6.45) is 0.744. The van der Waals surface area contributed by atoms with Gasteiger partial charge in [-0.2, -0.15) is 0 Å². The minimum atomic E-state index is -4.07. The van der Waals surface area contributed by atoms with Gasteiger partial charge in [0.2, 0.25) is 5.91 Å². The summed E-state index contributed by atoms with van der Waals surface area (Å²) in [7, 11) is -4.07. The number of carbonyl (C=O) groups is 2. The molecule has 1 aromatic heterocycles. The van der Waals surface area contributed by atoms with E-state index in [1.54, 1.807) is 35.7 Å². The van der Waals surface area contributed by atoms with Crippen LogP contribution in [0.2, 0.25) is 0 Å². The first-order valence-electron chi connectivity index (χ1n) is 10.2. The lowest BCUT2D eigenvalue weighted by Gasteiger charge is -2.23. The summed E-state index contributed by atoms with van der Waals surface area (Å²) < 4.78 is 40.8. The SMILES string of the molecule is CCC(C)NC(=O)c1ccccc1NC(=O)CN(c1ccc(F)cc1)S(=O)(=O)c1cccs1. The number of rotatable bonds is 9. The molecule has 10 heteroatoms. The number of hydrogen-bond acceptors (Lipinski definition) is 5. The molecule has 1 heterocycles. The summed E-state index contributed by atoms with van der Waals surface area (Å²) in [5, 5.41) is 7.09. The van der Waals surface area contributed by atoms with E-state index < -0.39 is 28.3 Å². The fourth-order valence-electron chi connectivity index (χ4n) is 2.96. The van der Waals surface area contributed by atoms with E-state index in [1.165, 1.54) is 18.2 Å². The molecule has 1 unspecified atom stereocenters. The Labute approximate surface area is 196 Å². The second-order valence-electron chi connectivity index (χ2n) is 7.30. The van der Waals surface area contributed by atoms with Crippen LogP contribution in [0.4, 0.5) is 15.8 Å². The highest BCUT2D eigenvalue weighted by molar-refractivity contribution is 7.94. The topological polar surface area (TPSA) is 95.6 Å². The molecule has 0 radical (unpaired) electrons. The fourth-order valence-corrected chi connectivity index (χ4v) is 5.48. The van der Waals surface area contributed by atoms with Crippen molar-refractivity contribution in [3.05, 3.63) is 77.4 Å². The molecule has 0 aliphatic carbocycles. The first-order chi connectivity index (χ1) is 15.7. The smallest absolute Gasteiger partial charge is 0.274 e. The predicted octanol–water partition coefficient (Wildman–Crippen LogP) is 4.25. The van der Waals surface area contributed by atoms with Gasteiger partial charge in [-0.3, -0.25) is 13.9 Å². The number of benzene rings is 2. The average Bonchev–Trinajstić information content (AvgIpc) is 3.34. The summed E-state index contributed by atoms with van der Waals surface area (Å²) in [5.74, 6) is -1.52. The van der Waals surface area contributed by atoms with Crippen molar-refractivity contribution < 1.29 is 22.4 Å². The Balaban J connectivity index is 1.87. The number of hydrogen-bond donors (Lipinski definition) is 2. The van der Waals surface area contributed by atoms with Crippen LogP contribution in [0, 0.1) is 5.82 Å². The van der Waals surface area contributed by atoms with Crippen LogP contribution in [-0.2, 0) is 14.8 Å². The number of nitrogens with one attached hydrogen (secondary N) is 2. The van der Waals surface area contributed by atoms with E-state index in [4.69, 9.17) is 0 Å². The zero-order valence-electron chi connectivity index (χ0n) is 18.1. The Kier molecular flexibility index (Phi) is 7.83. The zero-order valence-corrected chi connectivity index (χ0v) is 19.8. The quantitative estimate of drug-likeness (QED) is 0.470. The summed E-state index contributed by atoms with van der Waals surface area (Å²) >= 11 is 1.01. The van der Waals surface area contributed by atoms with E-state index in [-0.39, 0.29) is 33.1 Å². The molecule has 33 heavy (non-hydrogen) atoms. The maximum absolute atomic E-state index is 13.4. The predicted molar refractivity (Wildman–Crippen MR) is 128 cm³/mol. The van der Waals surface area contributed by atoms with E-state index in [9.17, 15) is 22.4 Å². The summed E-state index contributed by atoms with van der Waals surface area (Å²) in [5.41, 5.74) is 0.666. The number of para-hydroxylation sites is 1. The summed E-state index contributed by atoms with van der Waals surface area (Å²) in [6.45, 7) is 3.25. The highest BCUT2D eigenvalue weighted by Gasteiger charge is 2.28. The van der Waals surface area contributed by atoms with Gasteiger partial charge in [-0.05, 0) is 61.2 Å². The van der Waals surface area contributed by atoms with Crippen molar-refractivity contribution in [3.63, 3.8) is 0 Å². The van der Waals surface area contributed by atoms with E-state index in [0.717, 1.165) is 34.2 Å². The molecular weight excluding hydrogens is 465 g/mol. The lowest BCUT2D eigenvalue weighted by atomic mass is 10.1. The van der Waals surface area contributed by atoms with Gasteiger partial charge in [0.15, 0.2) is 0 Å². The molecule has 0 spiro atoms. The van der Waals surface area contributed by atoms with Crippen LogP contribution >= 0.6 is 11.3 Å². The number of thiophene rings is 1. The van der Waals surface area contributed by atoms with Crippen LogP contribution in [0.3, 0.4) is 0 Å². The number of sulfonamides is 1. The molecule has 0 saturated heterocycles. The molecule has 0 fully saturated rings. The second-order valence-corrected chi connectivity index (χ2v) is 10.3. The highest BCUT2D eigenvalue weighted by atomic mass is 32.2. The van der Waals surface area contributed by atoms with Crippen molar-refractivity contribution in [1.82, 2.24) is 5.32 Å². The lowest BCUT2D eigenvalue weighted by Crippen LogP contribution is -2.38. The van der Waals surface area contributed by atoms with Gasteiger partial charge in [-0.25, -0.2) is 12.8 Å². The number of nitrogens with zero attached hydrogens (tertiary/aromatic N) is 1. The van der Waals surface area contributed by atoms with E-state index in [2.05, 4.69) is 10.6 Å². The minimum Gasteiger partial charge on any atom is -0.350 e. The Hall–Kier alpha value is -3.24. The molecule has 7 nitrogen and oxygen atoms in total. The van der Waals surface area contributed by atoms with Crippen LogP contribution in [-0.4, -0.2) is 32.8 Å². The number of anilines is 2. The normalized spacial score (nSPS) is 12.1. The molecule has 2 N–H and O–H groups in total. The molecule has 0 bridgehead atoms. The van der Waals surface area contributed by atoms with Crippen LogP contribution in [0.25, 0.3) is 0 Å². The zero-order chi connectivity index (χ0) is 24.0. The highest BCUT2D eigenvalue weighted by Crippen LogP contribution is 2.27. The van der Waals surface area contributed by atoms with Crippen molar-refractivity contribution >= 4 is 44.5 Å². The van der Waals surface area contributed by atoms with Gasteiger partial charge in [0, 0.05) is 6.04 Å². The van der Waals surface area contributed by atoms with Crippen molar-refractivity contribution in [2.24, 2.45) is 0 Å². The van der Waals surface area contributed by atoms with Gasteiger partial charge in [-0.15, -0.1) is 11.3 Å². The van der Waals surface area contributed by atoms with E-state index in [0.29, 0.717) is 0 Å². The van der Waals surface area contributed by atoms with Crippen LogP contribution in [0.1, 0.15) is 30.6 Å². The summed E-state index contributed by atoms with van der Waals surface area (Å²) in [4.78, 5) is 25.5. The maximum Gasteiger partial charge on any atom is 0.274 e. The number of amides is 2. The Morgan fingerprint density at radius 1 is 1.06 bits per heavy atom. The van der Waals surface area contributed by atoms with Crippen LogP contribution in [0.15, 0.2) is 70.3 Å². The first-order valence-corrected chi connectivity index (χ1v) is 12.6. The third-order valence-corrected chi connectivity index (χ3v) is 8.02. The fraction of sp³-hybridized carbons (Fsp3) is 0.217. The van der Waals surface area contributed by atoms with Crippen molar-refractivity contribution in [2.75, 3.05) is 16.2 Å². The van der Waals surface area contributed by atoms with Crippen LogP contribution in [0.5, 0.6) is 0 Å². The minimum absolute atomic E-state index is 0.0490. The molecule has 3 rings (SSSR count). The van der Waals surface area contributed by atoms with E-state index >= 15 is 0 Å². The van der Waals surface area contributed by atoms with E-state index in [1.807, 2.05) is 13.8 Å². The average molecular weight is 490 g/mol. The first kappa shape index (κ1) is 24.4. The Morgan fingerprint density at radius 3 is 2.39 bits per heavy atom. The molecule has 2 amide bonds. The molecule has 2 aromatic carbocycles. The molecular formula is C23H24FN3O4S2. The standard InChI is InChI=1S/C23H24FN3O4S2/c1-3-16(2)25-23(29)19-7-4-5-8-20(19)26-21(28)15-27(18-12-10-17(24)11-13-18)33(30,31)22-9-6-14-32-22/h4-14,16H,3,15H2,1-2H3,(H,25,29)(H,26,28). The number of carbonyl (C=O) groups excluding carboxylic acids is 2.